The van der Waals surface area contributed by atoms with Gasteiger partial charge in [-0.15, -0.1) is 0 Å². The van der Waals surface area contributed by atoms with Crippen molar-refractivity contribution in [2.45, 2.75) is 19.5 Å². The third kappa shape index (κ3) is 3.11. The first-order chi connectivity index (χ1) is 8.29. The van der Waals surface area contributed by atoms with Gasteiger partial charge in [-0.05, 0) is 30.7 Å². The zero-order valence-corrected chi connectivity index (χ0v) is 10.1. The lowest BCUT2D eigenvalue weighted by Crippen LogP contribution is -2.17. The summed E-state index contributed by atoms with van der Waals surface area (Å²) >= 11 is 0. The van der Waals surface area contributed by atoms with Crippen LogP contribution in [0.3, 0.4) is 0 Å². The number of nitrogens with one attached hydrogen (secondary N) is 1. The van der Waals surface area contributed by atoms with Crippen LogP contribution < -0.4 is 10.1 Å². The molecule has 0 radical (unpaired) electrons. The van der Waals surface area contributed by atoms with Gasteiger partial charge in [-0.3, -0.25) is 0 Å². The molecule has 1 unspecified atom stereocenters. The van der Waals surface area contributed by atoms with Crippen LogP contribution in [0.25, 0.3) is 0 Å². The lowest BCUT2D eigenvalue weighted by molar-refractivity contribution is 0.414. The van der Waals surface area contributed by atoms with Crippen LogP contribution in [0.15, 0.2) is 47.3 Å². The van der Waals surface area contributed by atoms with E-state index in [1.165, 1.54) is 5.56 Å². The Morgan fingerprint density at radius 2 is 2.00 bits per heavy atom. The molecule has 0 saturated heterocycles. The molecule has 0 aliphatic heterocycles. The molecule has 1 heterocycles. The highest BCUT2D eigenvalue weighted by Crippen LogP contribution is 2.17. The fourth-order valence-corrected chi connectivity index (χ4v) is 1.67. The summed E-state index contributed by atoms with van der Waals surface area (Å²) < 4.78 is 10.2. The fraction of sp³-hybridized carbons (Fsp3) is 0.286. The third-order valence-corrected chi connectivity index (χ3v) is 2.81. The number of ether oxygens (including phenoxy) is 1. The smallest absolute Gasteiger partial charge is 0.118 e. The van der Waals surface area contributed by atoms with Crippen molar-refractivity contribution in [1.82, 2.24) is 5.32 Å². The van der Waals surface area contributed by atoms with Crippen molar-refractivity contribution in [3.05, 3.63) is 54.0 Å². The van der Waals surface area contributed by atoms with E-state index in [2.05, 4.69) is 24.4 Å². The molecular formula is C14H17NO2. The number of hydrogen-bond acceptors (Lipinski definition) is 3. The predicted molar refractivity (Wildman–Crippen MR) is 67.0 cm³/mol. The molecular weight excluding hydrogens is 214 g/mol. The van der Waals surface area contributed by atoms with Crippen LogP contribution in [0.2, 0.25) is 0 Å². The number of rotatable bonds is 5. The molecule has 1 aromatic heterocycles. The minimum atomic E-state index is 0.302. The van der Waals surface area contributed by atoms with Gasteiger partial charge in [0.1, 0.15) is 5.75 Å². The zero-order valence-electron chi connectivity index (χ0n) is 10.1. The Morgan fingerprint density at radius 3 is 2.59 bits per heavy atom. The number of benzene rings is 1. The molecule has 0 amide bonds. The Kier molecular flexibility index (Phi) is 3.83. The standard InChI is InChI=1S/C14H17NO2/c1-11(15-9-12-7-8-17-10-12)13-3-5-14(16-2)6-4-13/h3-8,10-11,15H,9H2,1-2H3. The van der Waals surface area contributed by atoms with Crippen molar-refractivity contribution < 1.29 is 9.15 Å². The van der Waals surface area contributed by atoms with Crippen molar-refractivity contribution in [2.24, 2.45) is 0 Å². The monoisotopic (exact) mass is 231 g/mol. The topological polar surface area (TPSA) is 34.4 Å². The SMILES string of the molecule is COc1ccc(C(C)NCc2ccoc2)cc1. The summed E-state index contributed by atoms with van der Waals surface area (Å²) in [5.74, 6) is 0.885. The average molecular weight is 231 g/mol. The number of methoxy groups -OCH3 is 1. The van der Waals surface area contributed by atoms with Crippen LogP contribution in [0.4, 0.5) is 0 Å². The van der Waals surface area contributed by atoms with Crippen molar-refractivity contribution in [2.75, 3.05) is 7.11 Å². The van der Waals surface area contributed by atoms with Gasteiger partial charge in [0, 0.05) is 18.2 Å². The molecule has 17 heavy (non-hydrogen) atoms. The second-order valence-corrected chi connectivity index (χ2v) is 4.01. The normalized spacial score (nSPS) is 12.4. The van der Waals surface area contributed by atoms with E-state index in [-0.39, 0.29) is 0 Å². The summed E-state index contributed by atoms with van der Waals surface area (Å²) in [6, 6.07) is 10.4. The summed E-state index contributed by atoms with van der Waals surface area (Å²) in [5, 5.41) is 3.44. The van der Waals surface area contributed by atoms with E-state index in [9.17, 15) is 0 Å². The van der Waals surface area contributed by atoms with Gasteiger partial charge in [0.2, 0.25) is 0 Å². The first kappa shape index (κ1) is 11.7. The van der Waals surface area contributed by atoms with Crippen LogP contribution in [-0.4, -0.2) is 7.11 Å². The molecule has 0 bridgehead atoms. The average Bonchev–Trinajstić information content (AvgIpc) is 2.89. The molecule has 0 aliphatic rings. The minimum Gasteiger partial charge on any atom is -0.497 e. The molecule has 1 N–H and O–H groups in total. The lowest BCUT2D eigenvalue weighted by atomic mass is 10.1. The highest BCUT2D eigenvalue weighted by molar-refractivity contribution is 5.28. The molecule has 0 saturated carbocycles. The van der Waals surface area contributed by atoms with E-state index < -0.39 is 0 Å². The maximum Gasteiger partial charge on any atom is 0.118 e. The van der Waals surface area contributed by atoms with Crippen LogP contribution in [-0.2, 0) is 6.54 Å². The molecule has 1 aromatic carbocycles. The number of hydrogen-bond donors (Lipinski definition) is 1. The van der Waals surface area contributed by atoms with E-state index >= 15 is 0 Å². The molecule has 1 atom stereocenters. The van der Waals surface area contributed by atoms with Crippen molar-refractivity contribution in [3.8, 4) is 5.75 Å². The van der Waals surface area contributed by atoms with Crippen LogP contribution in [0.5, 0.6) is 5.75 Å². The maximum atomic E-state index is 5.13. The maximum absolute atomic E-state index is 5.13. The predicted octanol–water partition coefficient (Wildman–Crippen LogP) is 3.14. The van der Waals surface area contributed by atoms with Crippen molar-refractivity contribution in [3.63, 3.8) is 0 Å². The Morgan fingerprint density at radius 1 is 1.24 bits per heavy atom. The Hall–Kier alpha value is -1.74. The Labute approximate surface area is 101 Å². The van der Waals surface area contributed by atoms with Gasteiger partial charge in [-0.1, -0.05) is 12.1 Å². The van der Waals surface area contributed by atoms with E-state index in [4.69, 9.17) is 9.15 Å². The summed E-state index contributed by atoms with van der Waals surface area (Å²) in [6.45, 7) is 2.95. The Bertz CT molecular complexity index is 434. The number of furan rings is 1. The quantitative estimate of drug-likeness (QED) is 0.858. The molecule has 90 valence electrons. The van der Waals surface area contributed by atoms with E-state index in [0.717, 1.165) is 17.9 Å². The van der Waals surface area contributed by atoms with Crippen molar-refractivity contribution in [1.29, 1.82) is 0 Å². The highest BCUT2D eigenvalue weighted by Gasteiger charge is 2.05. The second kappa shape index (κ2) is 5.55. The van der Waals surface area contributed by atoms with Crippen LogP contribution >= 0.6 is 0 Å². The zero-order chi connectivity index (χ0) is 12.1. The van der Waals surface area contributed by atoms with E-state index in [1.807, 2.05) is 18.2 Å². The van der Waals surface area contributed by atoms with Gasteiger partial charge in [-0.25, -0.2) is 0 Å². The summed E-state index contributed by atoms with van der Waals surface area (Å²) in [6.07, 6.45) is 3.45. The van der Waals surface area contributed by atoms with Gasteiger partial charge in [-0.2, -0.15) is 0 Å². The van der Waals surface area contributed by atoms with E-state index in [0.29, 0.717) is 6.04 Å². The Balaban J connectivity index is 1.92. The molecule has 2 rings (SSSR count). The lowest BCUT2D eigenvalue weighted by Gasteiger charge is -2.13. The van der Waals surface area contributed by atoms with Gasteiger partial charge in [0.15, 0.2) is 0 Å². The first-order valence-electron chi connectivity index (χ1n) is 5.68. The van der Waals surface area contributed by atoms with E-state index in [1.54, 1.807) is 19.6 Å². The highest BCUT2D eigenvalue weighted by atomic mass is 16.5. The summed E-state index contributed by atoms with van der Waals surface area (Å²) in [5.41, 5.74) is 2.40. The first-order valence-corrected chi connectivity index (χ1v) is 5.68. The molecule has 3 heteroatoms. The summed E-state index contributed by atoms with van der Waals surface area (Å²) in [7, 11) is 1.68. The fourth-order valence-electron chi connectivity index (χ4n) is 1.67. The van der Waals surface area contributed by atoms with Crippen LogP contribution in [0, 0.1) is 0 Å². The van der Waals surface area contributed by atoms with Crippen LogP contribution in [0.1, 0.15) is 24.1 Å². The van der Waals surface area contributed by atoms with Gasteiger partial charge < -0.3 is 14.5 Å². The molecule has 0 spiro atoms. The molecule has 0 fully saturated rings. The van der Waals surface area contributed by atoms with Gasteiger partial charge >= 0.3 is 0 Å². The van der Waals surface area contributed by atoms with Crippen molar-refractivity contribution >= 4 is 0 Å². The second-order valence-electron chi connectivity index (χ2n) is 4.01. The largest absolute Gasteiger partial charge is 0.497 e. The molecule has 3 nitrogen and oxygen atoms in total. The molecule has 2 aromatic rings. The van der Waals surface area contributed by atoms with Gasteiger partial charge in [0.25, 0.3) is 0 Å². The summed E-state index contributed by atoms with van der Waals surface area (Å²) in [4.78, 5) is 0. The molecule has 0 aliphatic carbocycles. The third-order valence-electron chi connectivity index (χ3n) is 2.81. The van der Waals surface area contributed by atoms with Gasteiger partial charge in [0.05, 0.1) is 19.6 Å². The minimum absolute atomic E-state index is 0.302.